The van der Waals surface area contributed by atoms with Crippen molar-refractivity contribution in [3.63, 3.8) is 0 Å². The van der Waals surface area contributed by atoms with Crippen LogP contribution in [0.3, 0.4) is 0 Å². The van der Waals surface area contributed by atoms with Gasteiger partial charge in [-0.2, -0.15) is 5.10 Å². The Morgan fingerprint density at radius 3 is 2.86 bits per heavy atom. The largest absolute Gasteiger partial charge is 0.497 e. The second-order valence-corrected chi connectivity index (χ2v) is 8.27. The van der Waals surface area contributed by atoms with Crippen LogP contribution in [-0.2, 0) is 11.2 Å². The number of carbonyl (C=O) groups excluding carboxylic acids is 1. The monoisotopic (exact) mass is 509 g/mol. The highest BCUT2D eigenvalue weighted by atomic mass is 19.1. The maximum Gasteiger partial charge on any atom is 0.230 e. The first-order valence-electron chi connectivity index (χ1n) is 11.6. The lowest BCUT2D eigenvalue weighted by Gasteiger charge is -2.15. The quantitative estimate of drug-likeness (QED) is 0.182. The Morgan fingerprint density at radius 2 is 2.08 bits per heavy atom. The number of rotatable bonds is 12. The Labute approximate surface area is 212 Å². The molecule has 0 saturated carbocycles. The van der Waals surface area contributed by atoms with Crippen molar-refractivity contribution in [1.82, 2.24) is 25.5 Å². The third-order valence-electron chi connectivity index (χ3n) is 5.37. The number of anilines is 3. The van der Waals surface area contributed by atoms with Gasteiger partial charge in [-0.15, -0.1) is 0 Å². The van der Waals surface area contributed by atoms with Gasteiger partial charge in [0.05, 0.1) is 31.0 Å². The number of nitrogens with one attached hydrogen (secondary N) is 4. The molecule has 37 heavy (non-hydrogen) atoms. The van der Waals surface area contributed by atoms with Crippen LogP contribution >= 0.6 is 0 Å². The molecule has 2 heterocycles. The summed E-state index contributed by atoms with van der Waals surface area (Å²) in [6, 6.07) is 10.8. The summed E-state index contributed by atoms with van der Waals surface area (Å²) in [4.78, 5) is 21.1. The summed E-state index contributed by atoms with van der Waals surface area (Å²) in [5, 5.41) is 25.8. The third-order valence-corrected chi connectivity index (χ3v) is 5.37. The van der Waals surface area contributed by atoms with E-state index in [9.17, 15) is 14.3 Å². The van der Waals surface area contributed by atoms with Crippen molar-refractivity contribution >= 4 is 34.1 Å². The van der Waals surface area contributed by atoms with Crippen molar-refractivity contribution in [1.29, 1.82) is 0 Å². The van der Waals surface area contributed by atoms with Crippen LogP contribution in [0.1, 0.15) is 12.6 Å². The first-order chi connectivity index (χ1) is 17.9. The molecule has 0 aliphatic heterocycles. The molecule has 1 atom stereocenters. The lowest BCUT2D eigenvalue weighted by Crippen LogP contribution is -2.32. The number of H-pyrrole nitrogens is 1. The highest BCUT2D eigenvalue weighted by Gasteiger charge is 2.15. The predicted octanol–water partition coefficient (Wildman–Crippen LogP) is 2.77. The van der Waals surface area contributed by atoms with Gasteiger partial charge in [0.1, 0.15) is 36.1 Å². The van der Waals surface area contributed by atoms with E-state index < -0.39 is 5.82 Å². The summed E-state index contributed by atoms with van der Waals surface area (Å²) < 4.78 is 24.7. The molecule has 4 aromatic rings. The maximum atomic E-state index is 13.4. The van der Waals surface area contributed by atoms with E-state index in [4.69, 9.17) is 9.47 Å². The van der Waals surface area contributed by atoms with E-state index in [1.165, 1.54) is 24.5 Å². The molecule has 2 aromatic heterocycles. The molecule has 0 fully saturated rings. The van der Waals surface area contributed by atoms with Crippen LogP contribution in [0.15, 0.2) is 48.8 Å². The van der Waals surface area contributed by atoms with Crippen molar-refractivity contribution < 1.29 is 23.8 Å². The van der Waals surface area contributed by atoms with Crippen LogP contribution in [0.4, 0.5) is 21.7 Å². The molecule has 0 radical (unpaired) electrons. The molecular formula is C25H28FN7O4. The average molecular weight is 510 g/mol. The van der Waals surface area contributed by atoms with Gasteiger partial charge in [-0.25, -0.2) is 14.4 Å². The predicted molar refractivity (Wildman–Crippen MR) is 137 cm³/mol. The van der Waals surface area contributed by atoms with Crippen LogP contribution in [0.2, 0.25) is 0 Å². The number of carbonyl (C=O) groups is 1. The zero-order chi connectivity index (χ0) is 26.2. The van der Waals surface area contributed by atoms with Crippen LogP contribution in [0.25, 0.3) is 10.9 Å². The molecule has 12 heteroatoms. The Hall–Kier alpha value is -4.29. The Kier molecular flexibility index (Phi) is 8.44. The van der Waals surface area contributed by atoms with Crippen LogP contribution in [0, 0.1) is 5.82 Å². The maximum absolute atomic E-state index is 13.4. The molecule has 194 valence electrons. The summed E-state index contributed by atoms with van der Waals surface area (Å²) in [6.07, 6.45) is 1.43. The van der Waals surface area contributed by atoms with E-state index in [0.29, 0.717) is 58.6 Å². The number of aromatic nitrogens is 4. The van der Waals surface area contributed by atoms with Crippen LogP contribution in [-0.4, -0.2) is 64.1 Å². The van der Waals surface area contributed by atoms with Crippen LogP contribution in [0.5, 0.6) is 11.5 Å². The van der Waals surface area contributed by atoms with E-state index in [-0.39, 0.29) is 25.0 Å². The standard InChI is InChI=1S/C25H28FN7O4/c1-15(13-34)27-6-7-37-21-12-19(36-2)11-20-24(21)25(29-14-28-20)31-22-9-18(32-33-22)10-23(35)30-17-5-3-4-16(26)8-17/h3-5,8-9,11-12,14-15,27,34H,6-7,10,13H2,1-2H3,(H,30,35)(H2,28,29,31,32,33)/t15-/m0/s1. The minimum atomic E-state index is -0.431. The Bertz CT molecular complexity index is 1360. The summed E-state index contributed by atoms with van der Waals surface area (Å²) in [5.74, 6) is 1.24. The van der Waals surface area contributed by atoms with Crippen LogP contribution < -0.4 is 25.4 Å². The molecule has 0 aliphatic carbocycles. The van der Waals surface area contributed by atoms with E-state index in [2.05, 4.69) is 36.1 Å². The van der Waals surface area contributed by atoms with E-state index >= 15 is 0 Å². The summed E-state index contributed by atoms with van der Waals surface area (Å²) in [6.45, 7) is 2.77. The fourth-order valence-corrected chi connectivity index (χ4v) is 3.57. The molecular weight excluding hydrogens is 481 g/mol. The van der Waals surface area contributed by atoms with Crippen molar-refractivity contribution in [2.75, 3.05) is 37.5 Å². The fraction of sp³-hybridized carbons (Fsp3) is 0.280. The second-order valence-electron chi connectivity index (χ2n) is 8.27. The van der Waals surface area contributed by atoms with Crippen molar-refractivity contribution in [2.24, 2.45) is 0 Å². The molecule has 5 N–H and O–H groups in total. The van der Waals surface area contributed by atoms with E-state index in [1.54, 1.807) is 31.4 Å². The van der Waals surface area contributed by atoms with Crippen molar-refractivity contribution in [2.45, 2.75) is 19.4 Å². The molecule has 0 bridgehead atoms. The van der Waals surface area contributed by atoms with Gasteiger partial charge in [0.2, 0.25) is 5.91 Å². The first kappa shape index (κ1) is 25.8. The van der Waals surface area contributed by atoms with Gasteiger partial charge < -0.3 is 30.5 Å². The second kappa shape index (κ2) is 12.1. The number of methoxy groups -OCH3 is 1. The Balaban J connectivity index is 1.49. The molecule has 11 nitrogen and oxygen atoms in total. The number of aromatic amines is 1. The highest BCUT2D eigenvalue weighted by molar-refractivity contribution is 5.96. The third kappa shape index (κ3) is 6.90. The SMILES string of the molecule is COc1cc(OCCN[C@@H](C)CO)c2c(Nc3cc(CC(=O)Nc4cccc(F)c4)[nH]n3)ncnc2c1. The number of benzene rings is 2. The van der Waals surface area contributed by atoms with Gasteiger partial charge in [0.15, 0.2) is 5.82 Å². The lowest BCUT2D eigenvalue weighted by atomic mass is 10.2. The minimum Gasteiger partial charge on any atom is -0.497 e. The number of ether oxygens (including phenoxy) is 2. The minimum absolute atomic E-state index is 0.0144. The number of halogens is 1. The normalized spacial score (nSPS) is 11.8. The molecule has 4 rings (SSSR count). The van der Waals surface area contributed by atoms with E-state index in [1.807, 2.05) is 6.92 Å². The Morgan fingerprint density at radius 1 is 1.22 bits per heavy atom. The molecule has 0 aliphatic rings. The molecule has 0 unspecified atom stereocenters. The smallest absolute Gasteiger partial charge is 0.230 e. The summed E-state index contributed by atoms with van der Waals surface area (Å²) in [5.41, 5.74) is 1.53. The summed E-state index contributed by atoms with van der Waals surface area (Å²) in [7, 11) is 1.56. The molecule has 0 spiro atoms. The van der Waals surface area contributed by atoms with Gasteiger partial charge in [0, 0.05) is 42.2 Å². The zero-order valence-electron chi connectivity index (χ0n) is 20.4. The molecule has 0 saturated heterocycles. The zero-order valence-corrected chi connectivity index (χ0v) is 20.4. The number of hydrogen-bond acceptors (Lipinski definition) is 9. The first-order valence-corrected chi connectivity index (χ1v) is 11.6. The number of aliphatic hydroxyl groups excluding tert-OH is 1. The molecule has 1 amide bonds. The van der Waals surface area contributed by atoms with Crippen molar-refractivity contribution in [3.05, 3.63) is 60.3 Å². The number of nitrogens with zero attached hydrogens (tertiary/aromatic N) is 3. The van der Waals surface area contributed by atoms with Gasteiger partial charge >= 0.3 is 0 Å². The average Bonchev–Trinajstić information content (AvgIpc) is 3.32. The van der Waals surface area contributed by atoms with Gasteiger partial charge in [0.25, 0.3) is 0 Å². The fourth-order valence-electron chi connectivity index (χ4n) is 3.57. The summed E-state index contributed by atoms with van der Waals surface area (Å²) >= 11 is 0. The van der Waals surface area contributed by atoms with Crippen molar-refractivity contribution in [3.8, 4) is 11.5 Å². The number of amides is 1. The number of aliphatic hydroxyl groups is 1. The highest BCUT2D eigenvalue weighted by Crippen LogP contribution is 2.35. The van der Waals surface area contributed by atoms with Gasteiger partial charge in [-0.05, 0) is 25.1 Å². The molecule has 2 aromatic carbocycles. The van der Waals surface area contributed by atoms with Gasteiger partial charge in [-0.1, -0.05) is 6.07 Å². The number of hydrogen-bond donors (Lipinski definition) is 5. The number of fused-ring (bicyclic) bond motifs is 1. The topological polar surface area (TPSA) is 146 Å². The van der Waals surface area contributed by atoms with E-state index in [0.717, 1.165) is 0 Å². The lowest BCUT2D eigenvalue weighted by molar-refractivity contribution is -0.115. The van der Waals surface area contributed by atoms with Gasteiger partial charge in [-0.3, -0.25) is 9.89 Å².